The molecule has 182 valence electrons. The summed E-state index contributed by atoms with van der Waals surface area (Å²) in [5, 5.41) is 17.0. The summed E-state index contributed by atoms with van der Waals surface area (Å²) in [6.45, 7) is 10.5. The molecule has 8 heteroatoms. The molecule has 1 rings (SSSR count). The van der Waals surface area contributed by atoms with E-state index in [0.29, 0.717) is 19.1 Å². The van der Waals surface area contributed by atoms with Crippen molar-refractivity contribution in [3.8, 4) is 0 Å². The molecule has 0 aromatic heterocycles. The number of rotatable bonds is 11. The molecule has 8 nitrogen and oxygen atoms in total. The highest BCUT2D eigenvalue weighted by atomic mass is 16.5. The van der Waals surface area contributed by atoms with E-state index in [2.05, 4.69) is 45.2 Å². The van der Waals surface area contributed by atoms with Gasteiger partial charge in [0.25, 0.3) is 12.9 Å². The van der Waals surface area contributed by atoms with Gasteiger partial charge in [-0.2, -0.15) is 0 Å². The minimum atomic E-state index is -0.300. The molecule has 0 aliphatic heterocycles. The highest BCUT2D eigenvalue weighted by molar-refractivity contribution is 5.82. The first-order chi connectivity index (χ1) is 14.9. The Hall–Kier alpha value is -1.93. The molecule has 2 atom stereocenters. The second-order valence-electron chi connectivity index (χ2n) is 7.77. The first-order valence-corrected chi connectivity index (χ1v) is 11.2. The third kappa shape index (κ3) is 16.4. The van der Waals surface area contributed by atoms with Gasteiger partial charge in [0.05, 0.1) is 19.3 Å². The van der Waals surface area contributed by atoms with Gasteiger partial charge in [-0.1, -0.05) is 39.8 Å². The molecule has 1 amide bonds. The van der Waals surface area contributed by atoms with Gasteiger partial charge < -0.3 is 25.0 Å². The Morgan fingerprint density at radius 2 is 1.61 bits per heavy atom. The molecule has 0 bridgehead atoms. The smallest absolute Gasteiger partial charge is 0.290 e. The minimum Gasteiger partial charge on any atom is -0.483 e. The topological polar surface area (TPSA) is 122 Å². The first-order valence-electron chi connectivity index (χ1n) is 11.2. The molecule has 0 fully saturated rings. The fourth-order valence-electron chi connectivity index (χ4n) is 3.21. The van der Waals surface area contributed by atoms with Gasteiger partial charge in [-0.25, -0.2) is 0 Å². The molecule has 0 spiro atoms. The van der Waals surface area contributed by atoms with Crippen molar-refractivity contribution in [1.29, 1.82) is 0 Å². The molecule has 2 unspecified atom stereocenters. The Kier molecular flexibility index (Phi) is 21.5. The molecular formula is C23H43NO7. The largest absolute Gasteiger partial charge is 0.483 e. The number of ether oxygens (including phenoxy) is 2. The van der Waals surface area contributed by atoms with Crippen molar-refractivity contribution >= 4 is 18.9 Å². The SMILES string of the molecule is CCCOCC(COCCC)NC(=O)C1(C)CC/C=C/C(CC)CC1.O=CO.O=CO. The molecule has 3 N–H and O–H groups in total. The lowest BCUT2D eigenvalue weighted by Gasteiger charge is -2.32. The van der Waals surface area contributed by atoms with Crippen LogP contribution in [0.1, 0.15) is 72.6 Å². The number of carboxylic acid groups (broad SMARTS) is 2. The predicted molar refractivity (Wildman–Crippen MR) is 121 cm³/mol. The monoisotopic (exact) mass is 445 g/mol. The number of allylic oxidation sites excluding steroid dienone is 2. The van der Waals surface area contributed by atoms with Crippen molar-refractivity contribution in [1.82, 2.24) is 5.32 Å². The van der Waals surface area contributed by atoms with Crippen LogP contribution in [0.2, 0.25) is 0 Å². The molecular weight excluding hydrogens is 402 g/mol. The highest BCUT2D eigenvalue weighted by Gasteiger charge is 2.34. The van der Waals surface area contributed by atoms with Gasteiger partial charge in [-0.15, -0.1) is 0 Å². The third-order valence-corrected chi connectivity index (χ3v) is 5.08. The van der Waals surface area contributed by atoms with E-state index < -0.39 is 0 Å². The Bertz CT molecular complexity index is 469. The van der Waals surface area contributed by atoms with E-state index in [1.165, 1.54) is 0 Å². The summed E-state index contributed by atoms with van der Waals surface area (Å²) in [7, 11) is 0. The molecule has 0 radical (unpaired) electrons. The van der Waals surface area contributed by atoms with Gasteiger partial charge in [0.1, 0.15) is 0 Å². The molecule has 0 saturated carbocycles. The number of hydrogen-bond donors (Lipinski definition) is 3. The van der Waals surface area contributed by atoms with Crippen molar-refractivity contribution in [3.05, 3.63) is 12.2 Å². The Labute approximate surface area is 187 Å². The maximum Gasteiger partial charge on any atom is 0.290 e. The van der Waals surface area contributed by atoms with Crippen LogP contribution >= 0.6 is 0 Å². The average Bonchev–Trinajstić information content (AvgIpc) is 2.72. The van der Waals surface area contributed by atoms with E-state index in [-0.39, 0.29) is 30.3 Å². The molecule has 0 aromatic rings. The summed E-state index contributed by atoms with van der Waals surface area (Å²) < 4.78 is 11.3. The van der Waals surface area contributed by atoms with Crippen molar-refractivity contribution in [2.24, 2.45) is 11.3 Å². The lowest BCUT2D eigenvalue weighted by atomic mass is 9.76. The number of carbonyl (C=O) groups is 3. The number of hydrogen-bond acceptors (Lipinski definition) is 5. The highest BCUT2D eigenvalue weighted by Crippen LogP contribution is 2.34. The summed E-state index contributed by atoms with van der Waals surface area (Å²) in [5.41, 5.74) is -0.300. The van der Waals surface area contributed by atoms with Gasteiger partial charge in [-0.3, -0.25) is 14.4 Å². The maximum absolute atomic E-state index is 13.0. The van der Waals surface area contributed by atoms with Crippen LogP contribution in [0.15, 0.2) is 12.2 Å². The Balaban J connectivity index is 0. The van der Waals surface area contributed by atoms with Crippen LogP contribution in [0.5, 0.6) is 0 Å². The standard InChI is InChI=1S/C21H39NO3.2CH2O2/c1-5-14-24-16-19(17-25-15-6-2)22-20(23)21(4)12-9-8-10-18(7-3)11-13-21;2*2-1-3/h8,10,18-19H,5-7,9,11-17H2,1-4H3,(H,22,23);2*1H,(H,2,3)/b10-8+;;. The minimum absolute atomic E-state index is 0.0645. The van der Waals surface area contributed by atoms with E-state index in [9.17, 15) is 4.79 Å². The van der Waals surface area contributed by atoms with Crippen LogP contribution in [0, 0.1) is 11.3 Å². The Morgan fingerprint density at radius 1 is 1.10 bits per heavy atom. The van der Waals surface area contributed by atoms with E-state index in [0.717, 1.165) is 58.2 Å². The zero-order valence-corrected chi connectivity index (χ0v) is 19.7. The van der Waals surface area contributed by atoms with Crippen LogP contribution in [-0.4, -0.2) is 61.5 Å². The van der Waals surface area contributed by atoms with Gasteiger partial charge in [-0.05, 0) is 50.9 Å². The van der Waals surface area contributed by atoms with Crippen molar-refractivity contribution in [3.63, 3.8) is 0 Å². The quantitative estimate of drug-likeness (QED) is 0.250. The summed E-state index contributed by atoms with van der Waals surface area (Å²) in [6.07, 6.45) is 11.6. The first kappa shape index (κ1) is 31.3. The number of nitrogens with one attached hydrogen (secondary N) is 1. The molecule has 1 aliphatic carbocycles. The van der Waals surface area contributed by atoms with Crippen LogP contribution in [0.4, 0.5) is 0 Å². The van der Waals surface area contributed by atoms with Crippen LogP contribution in [0.25, 0.3) is 0 Å². The van der Waals surface area contributed by atoms with Crippen molar-refractivity contribution in [2.45, 2.75) is 78.7 Å². The predicted octanol–water partition coefficient (Wildman–Crippen LogP) is 3.89. The van der Waals surface area contributed by atoms with E-state index in [1.807, 2.05) is 0 Å². The van der Waals surface area contributed by atoms with Gasteiger partial charge in [0.2, 0.25) is 5.91 Å². The molecule has 0 saturated heterocycles. The normalized spacial score (nSPS) is 21.3. The Morgan fingerprint density at radius 3 is 2.06 bits per heavy atom. The molecule has 31 heavy (non-hydrogen) atoms. The maximum atomic E-state index is 13.0. The van der Waals surface area contributed by atoms with Crippen LogP contribution in [-0.2, 0) is 23.9 Å². The average molecular weight is 446 g/mol. The summed E-state index contributed by atoms with van der Waals surface area (Å²) in [6, 6.07) is -0.0645. The van der Waals surface area contributed by atoms with E-state index >= 15 is 0 Å². The fraction of sp³-hybridized carbons (Fsp3) is 0.783. The second-order valence-corrected chi connectivity index (χ2v) is 7.77. The zero-order valence-electron chi connectivity index (χ0n) is 19.7. The van der Waals surface area contributed by atoms with E-state index in [1.54, 1.807) is 0 Å². The second kappa shape index (κ2) is 21.3. The third-order valence-electron chi connectivity index (χ3n) is 5.08. The number of amides is 1. The van der Waals surface area contributed by atoms with Crippen LogP contribution in [0.3, 0.4) is 0 Å². The molecule has 0 heterocycles. The lowest BCUT2D eigenvalue weighted by Crippen LogP contribution is -2.48. The van der Waals surface area contributed by atoms with Gasteiger partial charge in [0.15, 0.2) is 0 Å². The van der Waals surface area contributed by atoms with E-state index in [4.69, 9.17) is 29.3 Å². The summed E-state index contributed by atoms with van der Waals surface area (Å²) in [5.74, 6) is 0.756. The number of carbonyl (C=O) groups excluding carboxylic acids is 1. The molecule has 1 aliphatic rings. The zero-order chi connectivity index (χ0) is 24.0. The van der Waals surface area contributed by atoms with Gasteiger partial charge >= 0.3 is 0 Å². The van der Waals surface area contributed by atoms with Gasteiger partial charge in [0, 0.05) is 18.6 Å². The van der Waals surface area contributed by atoms with Crippen molar-refractivity contribution in [2.75, 3.05) is 26.4 Å². The lowest BCUT2D eigenvalue weighted by molar-refractivity contribution is -0.133. The summed E-state index contributed by atoms with van der Waals surface area (Å²) >= 11 is 0. The fourth-order valence-corrected chi connectivity index (χ4v) is 3.21. The molecule has 0 aromatic carbocycles. The summed E-state index contributed by atoms with van der Waals surface area (Å²) in [4.78, 5) is 29.7. The van der Waals surface area contributed by atoms with Crippen LogP contribution < -0.4 is 5.32 Å². The van der Waals surface area contributed by atoms with Crippen molar-refractivity contribution < 1.29 is 34.1 Å².